The van der Waals surface area contributed by atoms with Crippen molar-refractivity contribution in [1.82, 2.24) is 15.1 Å². The molecule has 1 aromatic carbocycles. The molecule has 6 heteroatoms. The molecule has 2 rings (SSSR count). The second kappa shape index (κ2) is 6.05. The molecule has 1 amide bonds. The number of benzene rings is 1. The number of nitrogens with zero attached hydrogens (tertiary/aromatic N) is 2. The van der Waals surface area contributed by atoms with Crippen LogP contribution < -0.4 is 11.1 Å². The van der Waals surface area contributed by atoms with Crippen molar-refractivity contribution >= 4 is 23.1 Å². The summed E-state index contributed by atoms with van der Waals surface area (Å²) in [5.74, 6) is -0.114. The van der Waals surface area contributed by atoms with Crippen LogP contribution in [0.25, 0.3) is 0 Å². The first-order valence-electron chi connectivity index (χ1n) is 6.57. The molecule has 0 saturated heterocycles. The maximum Gasteiger partial charge on any atom is 0.255 e. The third-order valence-electron chi connectivity index (χ3n) is 3.43. The summed E-state index contributed by atoms with van der Waals surface area (Å²) in [5, 5.41) is 7.15. The van der Waals surface area contributed by atoms with Gasteiger partial charge in [-0.15, -0.1) is 0 Å². The topological polar surface area (TPSA) is 72.9 Å². The molecule has 1 aromatic heterocycles. The van der Waals surface area contributed by atoms with Crippen LogP contribution in [0.5, 0.6) is 0 Å². The fraction of sp³-hybridized carbons (Fsp3) is 0.267. The van der Waals surface area contributed by atoms with Gasteiger partial charge in [-0.05, 0) is 19.4 Å². The number of amides is 1. The first kappa shape index (κ1) is 15.2. The molecule has 2 aromatic rings. The quantitative estimate of drug-likeness (QED) is 0.842. The minimum Gasteiger partial charge on any atom is -0.389 e. The highest BCUT2D eigenvalue weighted by Crippen LogP contribution is 2.12. The van der Waals surface area contributed by atoms with Crippen LogP contribution in [-0.4, -0.2) is 20.7 Å². The summed E-state index contributed by atoms with van der Waals surface area (Å²) in [6, 6.07) is 7.50. The maximum absolute atomic E-state index is 12.2. The average Bonchev–Trinajstić information content (AvgIpc) is 2.70. The van der Waals surface area contributed by atoms with Gasteiger partial charge in [-0.3, -0.25) is 9.48 Å². The second-order valence-corrected chi connectivity index (χ2v) is 5.35. The molecule has 0 aliphatic heterocycles. The van der Waals surface area contributed by atoms with Crippen LogP contribution in [0, 0.1) is 13.8 Å². The number of hydrogen-bond donors (Lipinski definition) is 2. The molecular formula is C15H18N4OS. The van der Waals surface area contributed by atoms with Gasteiger partial charge in [-0.25, -0.2) is 0 Å². The first-order valence-corrected chi connectivity index (χ1v) is 6.98. The highest BCUT2D eigenvalue weighted by molar-refractivity contribution is 7.80. The third kappa shape index (κ3) is 3.28. The molecule has 0 unspecified atom stereocenters. The van der Waals surface area contributed by atoms with E-state index in [-0.39, 0.29) is 5.91 Å². The Balaban J connectivity index is 2.05. The molecule has 0 fully saturated rings. The molecule has 110 valence electrons. The lowest BCUT2D eigenvalue weighted by atomic mass is 10.1. The predicted molar refractivity (Wildman–Crippen MR) is 86.2 cm³/mol. The monoisotopic (exact) mass is 302 g/mol. The highest BCUT2D eigenvalue weighted by Gasteiger charge is 2.16. The van der Waals surface area contributed by atoms with E-state index in [1.165, 1.54) is 0 Å². The summed E-state index contributed by atoms with van der Waals surface area (Å²) in [6.07, 6.45) is 0. The van der Waals surface area contributed by atoms with Crippen LogP contribution in [-0.2, 0) is 13.6 Å². The number of rotatable bonds is 4. The Kier molecular flexibility index (Phi) is 4.37. The molecular weight excluding hydrogens is 284 g/mol. The van der Waals surface area contributed by atoms with E-state index < -0.39 is 0 Å². The Labute approximate surface area is 129 Å². The molecule has 0 spiro atoms. The van der Waals surface area contributed by atoms with E-state index in [9.17, 15) is 4.79 Å². The lowest BCUT2D eigenvalue weighted by Crippen LogP contribution is -2.24. The summed E-state index contributed by atoms with van der Waals surface area (Å²) >= 11 is 4.91. The molecule has 1 heterocycles. The number of aromatic nitrogens is 2. The molecule has 0 bridgehead atoms. The molecule has 0 atom stereocenters. The fourth-order valence-corrected chi connectivity index (χ4v) is 2.30. The second-order valence-electron chi connectivity index (χ2n) is 4.91. The van der Waals surface area contributed by atoms with Crippen LogP contribution in [0.2, 0.25) is 0 Å². The van der Waals surface area contributed by atoms with Crippen LogP contribution in [0.4, 0.5) is 0 Å². The van der Waals surface area contributed by atoms with Crippen LogP contribution in [0.15, 0.2) is 24.3 Å². The predicted octanol–water partition coefficient (Wildman–Crippen LogP) is 1.60. The van der Waals surface area contributed by atoms with Crippen molar-refractivity contribution in [3.63, 3.8) is 0 Å². The zero-order valence-corrected chi connectivity index (χ0v) is 13.1. The standard InChI is InChI=1S/C15H18N4OS/c1-9-13(10(2)19(3)18-9)15(20)17-8-11-4-6-12(7-5-11)14(16)21/h4-7H,8H2,1-3H3,(H2,16,21)(H,17,20). The summed E-state index contributed by atoms with van der Waals surface area (Å²) in [4.78, 5) is 12.6. The van der Waals surface area contributed by atoms with Crippen LogP contribution in [0.3, 0.4) is 0 Å². The van der Waals surface area contributed by atoms with Crippen molar-refractivity contribution < 1.29 is 4.79 Å². The van der Waals surface area contributed by atoms with Crippen LogP contribution in [0.1, 0.15) is 32.9 Å². The van der Waals surface area contributed by atoms with E-state index in [2.05, 4.69) is 10.4 Å². The Morgan fingerprint density at radius 1 is 1.33 bits per heavy atom. The molecule has 0 radical (unpaired) electrons. The van der Waals surface area contributed by atoms with Crippen molar-refractivity contribution in [2.75, 3.05) is 0 Å². The molecule has 0 aliphatic rings. The Morgan fingerprint density at radius 3 is 2.43 bits per heavy atom. The Morgan fingerprint density at radius 2 is 1.95 bits per heavy atom. The molecule has 0 aliphatic carbocycles. The zero-order valence-electron chi connectivity index (χ0n) is 12.3. The van der Waals surface area contributed by atoms with Gasteiger partial charge < -0.3 is 11.1 Å². The molecule has 21 heavy (non-hydrogen) atoms. The van der Waals surface area contributed by atoms with Gasteiger partial charge in [0.25, 0.3) is 5.91 Å². The van der Waals surface area contributed by atoms with E-state index in [4.69, 9.17) is 18.0 Å². The summed E-state index contributed by atoms with van der Waals surface area (Å²) in [6.45, 7) is 4.16. The van der Waals surface area contributed by atoms with Crippen LogP contribution >= 0.6 is 12.2 Å². The minimum atomic E-state index is -0.114. The van der Waals surface area contributed by atoms with Gasteiger partial charge in [0.2, 0.25) is 0 Å². The number of thiocarbonyl (C=S) groups is 1. The van der Waals surface area contributed by atoms with Gasteiger partial charge in [-0.1, -0.05) is 36.5 Å². The maximum atomic E-state index is 12.2. The number of carbonyl (C=O) groups excluding carboxylic acids is 1. The van der Waals surface area contributed by atoms with Crippen molar-refractivity contribution in [3.05, 3.63) is 52.3 Å². The number of carbonyl (C=O) groups is 1. The zero-order chi connectivity index (χ0) is 15.6. The molecule has 3 N–H and O–H groups in total. The van der Waals surface area contributed by atoms with E-state index in [1.54, 1.807) is 4.68 Å². The third-order valence-corrected chi connectivity index (χ3v) is 3.66. The van der Waals surface area contributed by atoms with Gasteiger partial charge in [0, 0.05) is 24.8 Å². The van der Waals surface area contributed by atoms with Crippen molar-refractivity contribution in [3.8, 4) is 0 Å². The lowest BCUT2D eigenvalue weighted by molar-refractivity contribution is 0.0949. The Hall–Kier alpha value is -2.21. The number of aryl methyl sites for hydroxylation is 2. The molecule has 0 saturated carbocycles. The van der Waals surface area contributed by atoms with Gasteiger partial charge >= 0.3 is 0 Å². The SMILES string of the molecule is Cc1nn(C)c(C)c1C(=O)NCc1ccc(C(N)=S)cc1. The van der Waals surface area contributed by atoms with Gasteiger partial charge in [0.05, 0.1) is 11.3 Å². The number of nitrogens with two attached hydrogens (primary N) is 1. The largest absolute Gasteiger partial charge is 0.389 e. The highest BCUT2D eigenvalue weighted by atomic mass is 32.1. The Bertz CT molecular complexity index is 688. The van der Waals surface area contributed by atoms with E-state index in [1.807, 2.05) is 45.2 Å². The number of nitrogens with one attached hydrogen (secondary N) is 1. The van der Waals surface area contributed by atoms with Crippen molar-refractivity contribution in [2.24, 2.45) is 12.8 Å². The fourth-order valence-electron chi connectivity index (χ4n) is 2.16. The first-order chi connectivity index (χ1) is 9.90. The van der Waals surface area contributed by atoms with E-state index in [0.29, 0.717) is 17.1 Å². The van der Waals surface area contributed by atoms with Crippen molar-refractivity contribution in [1.29, 1.82) is 0 Å². The summed E-state index contributed by atoms with van der Waals surface area (Å²) in [7, 11) is 1.83. The van der Waals surface area contributed by atoms with E-state index >= 15 is 0 Å². The normalized spacial score (nSPS) is 10.4. The van der Waals surface area contributed by atoms with Gasteiger partial charge in [-0.2, -0.15) is 5.10 Å². The summed E-state index contributed by atoms with van der Waals surface area (Å²) < 4.78 is 1.71. The van der Waals surface area contributed by atoms with Crippen molar-refractivity contribution in [2.45, 2.75) is 20.4 Å². The molecule has 5 nitrogen and oxygen atoms in total. The lowest BCUT2D eigenvalue weighted by Gasteiger charge is -2.07. The smallest absolute Gasteiger partial charge is 0.255 e. The summed E-state index contributed by atoms with van der Waals surface area (Å²) in [5.41, 5.74) is 9.58. The van der Waals surface area contributed by atoms with E-state index in [0.717, 1.165) is 22.5 Å². The minimum absolute atomic E-state index is 0.114. The van der Waals surface area contributed by atoms with Gasteiger partial charge in [0.1, 0.15) is 4.99 Å². The average molecular weight is 302 g/mol. The number of hydrogen-bond acceptors (Lipinski definition) is 3. The van der Waals surface area contributed by atoms with Gasteiger partial charge in [0.15, 0.2) is 0 Å².